The molecule has 0 radical (unpaired) electrons. The van der Waals surface area contributed by atoms with Gasteiger partial charge in [-0.1, -0.05) is 0 Å². The molecule has 1 heterocycles. The number of rotatable bonds is 2. The van der Waals surface area contributed by atoms with Gasteiger partial charge in [0.2, 0.25) is 0 Å². The highest BCUT2D eigenvalue weighted by molar-refractivity contribution is 5.30. The Morgan fingerprint density at radius 1 is 0.944 bits per heavy atom. The fourth-order valence-electron chi connectivity index (χ4n) is 5.05. The standard InChI is InChI=1S/C15H21N3/c16-13-7-17-15(18-8-13)6-14-11-2-9-1-10(4-11)5-12(14)3-9/h7-12,14H,1-6,16H2. The second-order valence-corrected chi connectivity index (χ2v) is 6.73. The first-order chi connectivity index (χ1) is 8.78. The Balaban J connectivity index is 1.53. The second kappa shape index (κ2) is 3.94. The maximum atomic E-state index is 5.65. The smallest absolute Gasteiger partial charge is 0.128 e. The van der Waals surface area contributed by atoms with Crippen molar-refractivity contribution in [3.05, 3.63) is 18.2 Å². The van der Waals surface area contributed by atoms with E-state index in [9.17, 15) is 0 Å². The average molecular weight is 243 g/mol. The third-order valence-electron chi connectivity index (χ3n) is 5.57. The quantitative estimate of drug-likeness (QED) is 0.868. The molecule has 0 atom stereocenters. The van der Waals surface area contributed by atoms with Crippen molar-refractivity contribution in [3.63, 3.8) is 0 Å². The number of anilines is 1. The van der Waals surface area contributed by atoms with E-state index >= 15 is 0 Å². The summed E-state index contributed by atoms with van der Waals surface area (Å²) in [4.78, 5) is 8.79. The van der Waals surface area contributed by atoms with Crippen LogP contribution in [0.5, 0.6) is 0 Å². The van der Waals surface area contributed by atoms with Gasteiger partial charge in [0.1, 0.15) is 5.82 Å². The zero-order chi connectivity index (χ0) is 12.1. The van der Waals surface area contributed by atoms with E-state index in [2.05, 4.69) is 9.97 Å². The van der Waals surface area contributed by atoms with Crippen molar-refractivity contribution in [2.75, 3.05) is 5.73 Å². The molecule has 0 unspecified atom stereocenters. The lowest BCUT2D eigenvalue weighted by atomic mass is 9.51. The predicted molar refractivity (Wildman–Crippen MR) is 70.7 cm³/mol. The van der Waals surface area contributed by atoms with Gasteiger partial charge >= 0.3 is 0 Å². The van der Waals surface area contributed by atoms with Gasteiger partial charge in [-0.15, -0.1) is 0 Å². The molecule has 4 aliphatic rings. The van der Waals surface area contributed by atoms with Crippen molar-refractivity contribution >= 4 is 5.69 Å². The van der Waals surface area contributed by atoms with Gasteiger partial charge in [-0.05, 0) is 61.7 Å². The summed E-state index contributed by atoms with van der Waals surface area (Å²) in [5, 5.41) is 0. The summed E-state index contributed by atoms with van der Waals surface area (Å²) < 4.78 is 0. The van der Waals surface area contributed by atoms with E-state index in [-0.39, 0.29) is 0 Å². The molecule has 96 valence electrons. The summed E-state index contributed by atoms with van der Waals surface area (Å²) in [7, 11) is 0. The lowest BCUT2D eigenvalue weighted by Gasteiger charge is -2.54. The van der Waals surface area contributed by atoms with Gasteiger partial charge in [0.15, 0.2) is 0 Å². The maximum absolute atomic E-state index is 5.65. The summed E-state index contributed by atoms with van der Waals surface area (Å²) >= 11 is 0. The van der Waals surface area contributed by atoms with Gasteiger partial charge in [0.05, 0.1) is 18.1 Å². The monoisotopic (exact) mass is 243 g/mol. The van der Waals surface area contributed by atoms with Crippen molar-refractivity contribution in [2.24, 2.45) is 29.6 Å². The van der Waals surface area contributed by atoms with Crippen LogP contribution in [-0.4, -0.2) is 9.97 Å². The highest BCUT2D eigenvalue weighted by atomic mass is 14.9. The number of nitrogen functional groups attached to an aromatic ring is 1. The van der Waals surface area contributed by atoms with Crippen LogP contribution in [0.3, 0.4) is 0 Å². The van der Waals surface area contributed by atoms with Crippen molar-refractivity contribution in [1.29, 1.82) is 0 Å². The third-order valence-corrected chi connectivity index (χ3v) is 5.57. The van der Waals surface area contributed by atoms with E-state index < -0.39 is 0 Å². The first kappa shape index (κ1) is 10.8. The number of nitrogens with zero attached hydrogens (tertiary/aromatic N) is 2. The number of hydrogen-bond acceptors (Lipinski definition) is 3. The first-order valence-electron chi connectivity index (χ1n) is 7.34. The predicted octanol–water partition coefficient (Wildman–Crippen LogP) is 2.67. The Hall–Kier alpha value is -1.12. The first-order valence-corrected chi connectivity index (χ1v) is 7.34. The molecule has 5 rings (SSSR count). The van der Waals surface area contributed by atoms with E-state index in [1.165, 1.54) is 32.1 Å². The number of hydrogen-bond donors (Lipinski definition) is 1. The lowest BCUT2D eigenvalue weighted by molar-refractivity contribution is -0.0367. The third kappa shape index (κ3) is 1.72. The minimum Gasteiger partial charge on any atom is -0.396 e. The SMILES string of the molecule is Nc1cnc(CC2C3CC4CC(C3)CC2C4)nc1. The Kier molecular flexibility index (Phi) is 2.36. The molecule has 0 amide bonds. The van der Waals surface area contributed by atoms with Gasteiger partial charge in [-0.25, -0.2) is 9.97 Å². The molecule has 3 heteroatoms. The number of aromatic nitrogens is 2. The topological polar surface area (TPSA) is 51.8 Å². The summed E-state index contributed by atoms with van der Waals surface area (Å²) in [5.41, 5.74) is 6.32. The van der Waals surface area contributed by atoms with Crippen LogP contribution in [-0.2, 0) is 6.42 Å². The van der Waals surface area contributed by atoms with Crippen LogP contribution in [0, 0.1) is 29.6 Å². The normalized spacial score (nSPS) is 41.2. The molecule has 0 aromatic carbocycles. The molecule has 3 nitrogen and oxygen atoms in total. The Morgan fingerprint density at radius 2 is 1.50 bits per heavy atom. The zero-order valence-corrected chi connectivity index (χ0v) is 10.8. The van der Waals surface area contributed by atoms with Crippen molar-refractivity contribution in [2.45, 2.75) is 38.5 Å². The van der Waals surface area contributed by atoms with Crippen molar-refractivity contribution in [1.82, 2.24) is 9.97 Å². The van der Waals surface area contributed by atoms with Crippen LogP contribution in [0.15, 0.2) is 12.4 Å². The largest absolute Gasteiger partial charge is 0.396 e. The molecule has 0 aliphatic heterocycles. The van der Waals surface area contributed by atoms with E-state index in [1.807, 2.05) is 0 Å². The molecule has 2 N–H and O–H groups in total. The second-order valence-electron chi connectivity index (χ2n) is 6.73. The summed E-state index contributed by atoms with van der Waals surface area (Å²) in [6.07, 6.45) is 12.0. The molecule has 1 aromatic heterocycles. The van der Waals surface area contributed by atoms with E-state index in [0.29, 0.717) is 5.69 Å². The molecular weight excluding hydrogens is 222 g/mol. The minimum atomic E-state index is 0.670. The minimum absolute atomic E-state index is 0.670. The van der Waals surface area contributed by atoms with E-state index in [0.717, 1.165) is 41.8 Å². The van der Waals surface area contributed by atoms with Crippen LogP contribution in [0.25, 0.3) is 0 Å². The van der Waals surface area contributed by atoms with Crippen LogP contribution in [0.2, 0.25) is 0 Å². The van der Waals surface area contributed by atoms with Crippen LogP contribution >= 0.6 is 0 Å². The van der Waals surface area contributed by atoms with Crippen LogP contribution in [0.4, 0.5) is 5.69 Å². The summed E-state index contributed by atoms with van der Waals surface area (Å²) in [5.74, 6) is 5.88. The van der Waals surface area contributed by atoms with Crippen LogP contribution in [0.1, 0.15) is 37.9 Å². The molecule has 4 aliphatic carbocycles. The van der Waals surface area contributed by atoms with Gasteiger partial charge in [0, 0.05) is 6.42 Å². The fourth-order valence-corrected chi connectivity index (χ4v) is 5.05. The maximum Gasteiger partial charge on any atom is 0.128 e. The summed E-state index contributed by atoms with van der Waals surface area (Å²) in [6, 6.07) is 0. The Labute approximate surface area is 108 Å². The fraction of sp³-hybridized carbons (Fsp3) is 0.733. The Morgan fingerprint density at radius 3 is 2.06 bits per heavy atom. The molecule has 1 aromatic rings. The molecule has 0 saturated heterocycles. The molecule has 18 heavy (non-hydrogen) atoms. The lowest BCUT2D eigenvalue weighted by Crippen LogP contribution is -2.45. The average Bonchev–Trinajstić information content (AvgIpc) is 2.35. The Bertz CT molecular complexity index is 412. The summed E-state index contributed by atoms with van der Waals surface area (Å²) in [6.45, 7) is 0. The molecule has 0 spiro atoms. The van der Waals surface area contributed by atoms with E-state index in [4.69, 9.17) is 5.73 Å². The molecule has 4 fully saturated rings. The number of nitrogens with two attached hydrogens (primary N) is 1. The highest BCUT2D eigenvalue weighted by Crippen LogP contribution is 2.57. The van der Waals surface area contributed by atoms with Crippen molar-refractivity contribution in [3.8, 4) is 0 Å². The zero-order valence-electron chi connectivity index (χ0n) is 10.8. The van der Waals surface area contributed by atoms with Gasteiger partial charge < -0.3 is 5.73 Å². The molecular formula is C15H21N3. The van der Waals surface area contributed by atoms with Gasteiger partial charge in [-0.3, -0.25) is 0 Å². The van der Waals surface area contributed by atoms with Crippen LogP contribution < -0.4 is 5.73 Å². The van der Waals surface area contributed by atoms with Crippen molar-refractivity contribution < 1.29 is 0 Å². The molecule has 4 bridgehead atoms. The molecule has 4 saturated carbocycles. The highest BCUT2D eigenvalue weighted by Gasteiger charge is 2.48. The van der Waals surface area contributed by atoms with Gasteiger partial charge in [0.25, 0.3) is 0 Å². The van der Waals surface area contributed by atoms with Gasteiger partial charge in [-0.2, -0.15) is 0 Å². The van der Waals surface area contributed by atoms with E-state index in [1.54, 1.807) is 12.4 Å².